The second-order valence-electron chi connectivity index (χ2n) is 15.3. The summed E-state index contributed by atoms with van der Waals surface area (Å²) >= 11 is 0. The molecule has 2 aliphatic heterocycles. The van der Waals surface area contributed by atoms with E-state index in [-0.39, 0.29) is 32.1 Å². The summed E-state index contributed by atoms with van der Waals surface area (Å²) in [7, 11) is 0. The van der Waals surface area contributed by atoms with Crippen LogP contribution in [0.25, 0.3) is 0 Å². The van der Waals surface area contributed by atoms with Crippen LogP contribution < -0.4 is 5.32 Å². The van der Waals surface area contributed by atoms with Gasteiger partial charge in [-0.2, -0.15) is 0 Å². The zero-order chi connectivity index (χ0) is 38.0. The minimum absolute atomic E-state index is 0.141. The fourth-order valence-electron chi connectivity index (χ4n) is 6.92. The lowest BCUT2D eigenvalue weighted by atomic mass is 9.88. The van der Waals surface area contributed by atoms with Crippen LogP contribution in [-0.2, 0) is 53.0 Å². The number of rotatable bonds is 15. The van der Waals surface area contributed by atoms with E-state index < -0.39 is 60.0 Å². The van der Waals surface area contributed by atoms with E-state index in [4.69, 9.17) is 28.4 Å². The quantitative estimate of drug-likeness (QED) is 0.189. The summed E-state index contributed by atoms with van der Waals surface area (Å²) in [5.74, 6) is -0.250. The summed E-state index contributed by atoms with van der Waals surface area (Å²) in [5.41, 5.74) is 1.27. The topological polar surface area (TPSA) is 125 Å². The number of aliphatic hydroxyl groups excluding tert-OH is 1. The molecule has 7 atom stereocenters. The molecule has 2 aliphatic rings. The van der Waals surface area contributed by atoms with Crippen LogP contribution in [0.4, 0.5) is 4.79 Å². The summed E-state index contributed by atoms with van der Waals surface area (Å²) in [6.45, 7) is 11.7. The van der Waals surface area contributed by atoms with E-state index in [1.165, 1.54) is 11.8 Å². The highest BCUT2D eigenvalue weighted by atomic mass is 16.6. The molecule has 1 unspecified atom stereocenters. The minimum atomic E-state index is -0.977. The van der Waals surface area contributed by atoms with Crippen LogP contribution in [0.15, 0.2) is 91.0 Å². The van der Waals surface area contributed by atoms with Gasteiger partial charge < -0.3 is 38.8 Å². The second kappa shape index (κ2) is 18.5. The molecule has 2 fully saturated rings. The molecule has 2 heterocycles. The first-order valence-corrected chi connectivity index (χ1v) is 18.5. The van der Waals surface area contributed by atoms with Crippen molar-refractivity contribution in [2.45, 2.75) is 128 Å². The molecular formula is C42H56N2O9. The summed E-state index contributed by atoms with van der Waals surface area (Å²) in [5, 5.41) is 14.8. The summed E-state index contributed by atoms with van der Waals surface area (Å²) in [4.78, 5) is 27.6. The molecule has 11 nitrogen and oxygen atoms in total. The molecule has 2 saturated heterocycles. The largest absolute Gasteiger partial charge is 0.444 e. The highest BCUT2D eigenvalue weighted by molar-refractivity contribution is 5.73. The third-order valence-electron chi connectivity index (χ3n) is 9.43. The SMILES string of the molecule is CC(=O)N[C@H]1[C@@H](OCc2ccccc2)[C@@H](OCc2ccccc2)[C@@H](COCc2ccccc2)O[C@@H]1CCC(O)[C@H]1COC(C)(C)N1C(=O)OC(C)(C)C. The molecule has 3 aromatic carbocycles. The van der Waals surface area contributed by atoms with Crippen LogP contribution in [0.1, 0.15) is 71.1 Å². The molecule has 288 valence electrons. The van der Waals surface area contributed by atoms with Crippen molar-refractivity contribution in [3.8, 4) is 0 Å². The Morgan fingerprint density at radius 3 is 1.91 bits per heavy atom. The predicted molar refractivity (Wildman–Crippen MR) is 200 cm³/mol. The van der Waals surface area contributed by atoms with Gasteiger partial charge in [0.25, 0.3) is 0 Å². The molecule has 53 heavy (non-hydrogen) atoms. The van der Waals surface area contributed by atoms with Gasteiger partial charge in [-0.25, -0.2) is 4.79 Å². The molecule has 0 spiro atoms. The van der Waals surface area contributed by atoms with E-state index in [0.29, 0.717) is 19.6 Å². The molecule has 2 N–H and O–H groups in total. The van der Waals surface area contributed by atoms with Crippen LogP contribution >= 0.6 is 0 Å². The fraction of sp³-hybridized carbons (Fsp3) is 0.524. The summed E-state index contributed by atoms with van der Waals surface area (Å²) in [6, 6.07) is 28.3. The molecule has 0 saturated carbocycles. The number of nitrogens with one attached hydrogen (secondary N) is 1. The van der Waals surface area contributed by atoms with Gasteiger partial charge in [-0.05, 0) is 64.2 Å². The highest BCUT2D eigenvalue weighted by Crippen LogP contribution is 2.34. The Morgan fingerprint density at radius 2 is 1.38 bits per heavy atom. The Labute approximate surface area is 313 Å². The number of carbonyl (C=O) groups excluding carboxylic acids is 2. The van der Waals surface area contributed by atoms with Crippen LogP contribution in [0.3, 0.4) is 0 Å². The van der Waals surface area contributed by atoms with Crippen LogP contribution in [0, 0.1) is 0 Å². The van der Waals surface area contributed by atoms with Crippen molar-refractivity contribution in [2.24, 2.45) is 0 Å². The Bertz CT molecular complexity index is 1570. The highest BCUT2D eigenvalue weighted by Gasteiger charge is 2.50. The maximum Gasteiger partial charge on any atom is 0.412 e. The van der Waals surface area contributed by atoms with E-state index in [1.807, 2.05) is 91.0 Å². The Kier molecular flexibility index (Phi) is 14.1. The average molecular weight is 733 g/mol. The van der Waals surface area contributed by atoms with Crippen LogP contribution in [0.2, 0.25) is 0 Å². The molecule has 0 radical (unpaired) electrons. The number of hydrogen-bond acceptors (Lipinski definition) is 9. The van der Waals surface area contributed by atoms with Crippen molar-refractivity contribution in [3.05, 3.63) is 108 Å². The second-order valence-corrected chi connectivity index (χ2v) is 15.3. The molecular weight excluding hydrogens is 676 g/mol. The molecule has 0 aliphatic carbocycles. The molecule has 0 bridgehead atoms. The maximum absolute atomic E-state index is 13.3. The monoisotopic (exact) mass is 732 g/mol. The molecule has 11 heteroatoms. The van der Waals surface area contributed by atoms with Gasteiger partial charge >= 0.3 is 6.09 Å². The number of aliphatic hydroxyl groups is 1. The molecule has 3 aromatic rings. The average Bonchev–Trinajstić information content (AvgIpc) is 3.45. The number of benzene rings is 3. The van der Waals surface area contributed by atoms with Gasteiger partial charge in [0.15, 0.2) is 0 Å². The van der Waals surface area contributed by atoms with E-state index in [1.54, 1.807) is 34.6 Å². The van der Waals surface area contributed by atoms with Gasteiger partial charge in [-0.3, -0.25) is 9.69 Å². The van der Waals surface area contributed by atoms with Crippen molar-refractivity contribution < 1.29 is 43.1 Å². The zero-order valence-electron chi connectivity index (χ0n) is 31.8. The maximum atomic E-state index is 13.3. The molecule has 2 amide bonds. The number of carbonyl (C=O) groups is 2. The standard InChI is InChI=1S/C42H56N2O9/c1-29(45)43-37-35(23-22-34(46)33-27-51-42(5,6)44(33)40(47)53-41(2,3)4)52-36(28-48-24-30-16-10-7-11-17-30)38(49-25-31-18-12-8-13-19-31)39(37)50-26-32-20-14-9-15-21-32/h7-21,33-39,46H,22-28H2,1-6H3,(H,43,45)/t33-,34?,35-,36-,37-,38+,39-/m1/s1. The Hall–Kier alpha value is -3.84. The van der Waals surface area contributed by atoms with Crippen molar-refractivity contribution in [1.29, 1.82) is 0 Å². The molecule has 0 aromatic heterocycles. The van der Waals surface area contributed by atoms with Crippen molar-refractivity contribution >= 4 is 12.0 Å². The Balaban J connectivity index is 1.41. The minimum Gasteiger partial charge on any atom is -0.444 e. The number of hydrogen-bond donors (Lipinski definition) is 2. The smallest absolute Gasteiger partial charge is 0.412 e. The van der Waals surface area contributed by atoms with Gasteiger partial charge in [0, 0.05) is 6.92 Å². The van der Waals surface area contributed by atoms with Crippen LogP contribution in [-0.4, -0.2) is 89.2 Å². The van der Waals surface area contributed by atoms with Gasteiger partial charge in [0.2, 0.25) is 5.91 Å². The first-order valence-electron chi connectivity index (χ1n) is 18.5. The van der Waals surface area contributed by atoms with Gasteiger partial charge in [0.05, 0.1) is 57.3 Å². The summed E-state index contributed by atoms with van der Waals surface area (Å²) < 4.78 is 38.1. The third-order valence-corrected chi connectivity index (χ3v) is 9.43. The number of nitrogens with zero attached hydrogens (tertiary/aromatic N) is 1. The lowest BCUT2D eigenvalue weighted by Gasteiger charge is -2.47. The summed E-state index contributed by atoms with van der Waals surface area (Å²) in [6.07, 6.45) is -3.41. The van der Waals surface area contributed by atoms with Crippen molar-refractivity contribution in [2.75, 3.05) is 13.2 Å². The molecule has 5 rings (SSSR count). The van der Waals surface area contributed by atoms with Gasteiger partial charge in [-0.15, -0.1) is 0 Å². The van der Waals surface area contributed by atoms with Gasteiger partial charge in [-0.1, -0.05) is 91.0 Å². The van der Waals surface area contributed by atoms with Crippen molar-refractivity contribution in [1.82, 2.24) is 10.2 Å². The Morgan fingerprint density at radius 1 is 0.849 bits per heavy atom. The first-order chi connectivity index (χ1) is 25.3. The van der Waals surface area contributed by atoms with Crippen LogP contribution in [0.5, 0.6) is 0 Å². The number of amides is 2. The lowest BCUT2D eigenvalue weighted by molar-refractivity contribution is -0.234. The van der Waals surface area contributed by atoms with Gasteiger partial charge in [0.1, 0.15) is 29.6 Å². The lowest BCUT2D eigenvalue weighted by Crippen LogP contribution is -2.65. The predicted octanol–water partition coefficient (Wildman–Crippen LogP) is 6.16. The van der Waals surface area contributed by atoms with Crippen molar-refractivity contribution in [3.63, 3.8) is 0 Å². The fourth-order valence-corrected chi connectivity index (χ4v) is 6.92. The van der Waals surface area contributed by atoms with E-state index in [2.05, 4.69) is 5.32 Å². The van der Waals surface area contributed by atoms with E-state index in [0.717, 1.165) is 16.7 Å². The zero-order valence-corrected chi connectivity index (χ0v) is 31.8. The van der Waals surface area contributed by atoms with E-state index >= 15 is 0 Å². The van der Waals surface area contributed by atoms with E-state index in [9.17, 15) is 14.7 Å². The first kappa shape index (κ1) is 40.3. The third kappa shape index (κ3) is 11.6. The number of ether oxygens (including phenoxy) is 6. The normalized spacial score (nSPS) is 24.8.